The average molecular weight is 216 g/mol. The predicted molar refractivity (Wildman–Crippen MR) is 53.9 cm³/mol. The monoisotopic (exact) mass is 215 g/mol. The van der Waals surface area contributed by atoms with Crippen LogP contribution < -0.4 is 4.74 Å². The van der Waals surface area contributed by atoms with Crippen molar-refractivity contribution in [1.29, 1.82) is 0 Å². The number of nitro groups is 1. The van der Waals surface area contributed by atoms with Gasteiger partial charge in [-0.1, -0.05) is 11.6 Å². The number of benzene rings is 1. The molecule has 14 heavy (non-hydrogen) atoms. The molecule has 0 amide bonds. The molecule has 0 aromatic heterocycles. The van der Waals surface area contributed by atoms with E-state index in [1.165, 1.54) is 12.1 Å². The molecule has 0 heterocycles. The number of hydrogen-bond acceptors (Lipinski definition) is 3. The SMILES string of the molecule is CC(C)Oc1cc(Cl)cc([N+](=O)[O-])c1. The normalized spacial score (nSPS) is 10.3. The number of halogens is 1. The lowest BCUT2D eigenvalue weighted by molar-refractivity contribution is -0.384. The lowest BCUT2D eigenvalue weighted by Crippen LogP contribution is -2.05. The van der Waals surface area contributed by atoms with Gasteiger partial charge in [-0.05, 0) is 19.9 Å². The highest BCUT2D eigenvalue weighted by Crippen LogP contribution is 2.26. The van der Waals surface area contributed by atoms with E-state index in [-0.39, 0.29) is 11.8 Å². The summed E-state index contributed by atoms with van der Waals surface area (Å²) in [6, 6.07) is 4.19. The van der Waals surface area contributed by atoms with E-state index in [2.05, 4.69) is 0 Å². The third-order valence-electron chi connectivity index (χ3n) is 1.44. The minimum absolute atomic E-state index is 0.0342. The standard InChI is InChI=1S/C9H10ClNO3/c1-6(2)14-9-4-7(10)3-8(5-9)11(12)13/h3-6H,1-2H3. The van der Waals surface area contributed by atoms with Gasteiger partial charge < -0.3 is 4.74 Å². The Morgan fingerprint density at radius 3 is 2.57 bits per heavy atom. The predicted octanol–water partition coefficient (Wildman–Crippen LogP) is 3.04. The van der Waals surface area contributed by atoms with E-state index in [4.69, 9.17) is 16.3 Å². The molecule has 0 atom stereocenters. The summed E-state index contributed by atoms with van der Waals surface area (Å²) in [5, 5.41) is 10.8. The molecular formula is C9H10ClNO3. The van der Waals surface area contributed by atoms with Crippen molar-refractivity contribution in [3.8, 4) is 5.75 Å². The van der Waals surface area contributed by atoms with Gasteiger partial charge in [0.1, 0.15) is 5.75 Å². The van der Waals surface area contributed by atoms with Crippen molar-refractivity contribution in [2.45, 2.75) is 20.0 Å². The van der Waals surface area contributed by atoms with Crippen LogP contribution in [0, 0.1) is 10.1 Å². The number of hydrogen-bond donors (Lipinski definition) is 0. The van der Waals surface area contributed by atoms with E-state index in [1.54, 1.807) is 6.07 Å². The zero-order chi connectivity index (χ0) is 10.7. The fourth-order valence-corrected chi connectivity index (χ4v) is 1.21. The van der Waals surface area contributed by atoms with Crippen molar-refractivity contribution in [2.75, 3.05) is 0 Å². The van der Waals surface area contributed by atoms with Gasteiger partial charge >= 0.3 is 0 Å². The van der Waals surface area contributed by atoms with Gasteiger partial charge in [0, 0.05) is 6.07 Å². The van der Waals surface area contributed by atoms with Crippen LogP contribution in [-0.4, -0.2) is 11.0 Å². The van der Waals surface area contributed by atoms with E-state index in [0.29, 0.717) is 10.8 Å². The molecule has 1 aromatic carbocycles. The van der Waals surface area contributed by atoms with Crippen molar-refractivity contribution < 1.29 is 9.66 Å². The second-order valence-corrected chi connectivity index (χ2v) is 3.51. The van der Waals surface area contributed by atoms with Crippen LogP contribution in [0.1, 0.15) is 13.8 Å². The summed E-state index contributed by atoms with van der Waals surface area (Å²) in [6.07, 6.45) is -0.0342. The molecule has 0 saturated heterocycles. The smallest absolute Gasteiger partial charge is 0.274 e. The van der Waals surface area contributed by atoms with Gasteiger partial charge in [-0.15, -0.1) is 0 Å². The van der Waals surface area contributed by atoms with Gasteiger partial charge in [0.2, 0.25) is 0 Å². The number of non-ortho nitro benzene ring substituents is 1. The third kappa shape index (κ3) is 2.88. The molecule has 0 fully saturated rings. The molecule has 5 heteroatoms. The molecule has 0 radical (unpaired) electrons. The van der Waals surface area contributed by atoms with Gasteiger partial charge in [0.25, 0.3) is 5.69 Å². The molecular weight excluding hydrogens is 206 g/mol. The molecule has 0 unspecified atom stereocenters. The van der Waals surface area contributed by atoms with Crippen molar-refractivity contribution in [2.24, 2.45) is 0 Å². The van der Waals surface area contributed by atoms with Crippen LogP contribution in [0.2, 0.25) is 5.02 Å². The van der Waals surface area contributed by atoms with E-state index in [1.807, 2.05) is 13.8 Å². The Kier molecular flexibility index (Phi) is 3.30. The molecule has 1 rings (SSSR count). The Labute approximate surface area is 86.6 Å². The first kappa shape index (κ1) is 10.8. The first-order valence-corrected chi connectivity index (χ1v) is 4.48. The Morgan fingerprint density at radius 2 is 2.07 bits per heavy atom. The van der Waals surface area contributed by atoms with E-state index < -0.39 is 4.92 Å². The number of ether oxygens (including phenoxy) is 1. The summed E-state index contributed by atoms with van der Waals surface area (Å²) >= 11 is 5.69. The molecule has 0 saturated carbocycles. The van der Waals surface area contributed by atoms with Gasteiger partial charge in [-0.3, -0.25) is 10.1 Å². The average Bonchev–Trinajstić information content (AvgIpc) is 2.01. The summed E-state index contributed by atoms with van der Waals surface area (Å²) in [7, 11) is 0. The fraction of sp³-hybridized carbons (Fsp3) is 0.333. The van der Waals surface area contributed by atoms with Gasteiger partial charge in [-0.2, -0.15) is 0 Å². The quantitative estimate of drug-likeness (QED) is 0.575. The second-order valence-electron chi connectivity index (χ2n) is 3.07. The summed E-state index contributed by atoms with van der Waals surface area (Å²) in [6.45, 7) is 3.68. The van der Waals surface area contributed by atoms with Crippen LogP contribution in [0.15, 0.2) is 18.2 Å². The minimum atomic E-state index is -0.501. The molecule has 0 N–H and O–H groups in total. The number of nitrogens with zero attached hydrogens (tertiary/aromatic N) is 1. The van der Waals surface area contributed by atoms with Crippen LogP contribution >= 0.6 is 11.6 Å². The zero-order valence-corrected chi connectivity index (χ0v) is 8.62. The molecule has 0 bridgehead atoms. The fourth-order valence-electron chi connectivity index (χ4n) is 0.994. The summed E-state index contributed by atoms with van der Waals surface area (Å²) in [5.41, 5.74) is -0.0619. The van der Waals surface area contributed by atoms with Gasteiger partial charge in [0.15, 0.2) is 0 Å². The Morgan fingerprint density at radius 1 is 1.43 bits per heavy atom. The Balaban J connectivity index is 3.01. The summed E-state index contributed by atoms with van der Waals surface area (Å²) < 4.78 is 5.30. The highest BCUT2D eigenvalue weighted by molar-refractivity contribution is 6.30. The molecule has 0 spiro atoms. The van der Waals surface area contributed by atoms with Crippen LogP contribution in [0.5, 0.6) is 5.75 Å². The minimum Gasteiger partial charge on any atom is -0.491 e. The lowest BCUT2D eigenvalue weighted by Gasteiger charge is -2.09. The lowest BCUT2D eigenvalue weighted by atomic mass is 10.3. The van der Waals surface area contributed by atoms with Crippen LogP contribution in [0.25, 0.3) is 0 Å². The number of nitro benzene ring substituents is 1. The largest absolute Gasteiger partial charge is 0.491 e. The van der Waals surface area contributed by atoms with Crippen LogP contribution in [-0.2, 0) is 0 Å². The van der Waals surface area contributed by atoms with Gasteiger partial charge in [-0.25, -0.2) is 0 Å². The molecule has 0 aliphatic carbocycles. The molecule has 0 aliphatic heterocycles. The van der Waals surface area contributed by atoms with E-state index in [0.717, 1.165) is 0 Å². The Bertz CT molecular complexity index is 352. The molecule has 4 nitrogen and oxygen atoms in total. The van der Waals surface area contributed by atoms with E-state index in [9.17, 15) is 10.1 Å². The van der Waals surface area contributed by atoms with Crippen molar-refractivity contribution in [3.05, 3.63) is 33.3 Å². The van der Waals surface area contributed by atoms with Crippen LogP contribution in [0.4, 0.5) is 5.69 Å². The molecule has 76 valence electrons. The first-order chi connectivity index (χ1) is 6.49. The summed E-state index contributed by atoms with van der Waals surface area (Å²) in [5.74, 6) is 0.416. The third-order valence-corrected chi connectivity index (χ3v) is 1.66. The zero-order valence-electron chi connectivity index (χ0n) is 7.86. The summed E-state index contributed by atoms with van der Waals surface area (Å²) in [4.78, 5) is 9.98. The topological polar surface area (TPSA) is 52.4 Å². The molecule has 1 aromatic rings. The molecule has 0 aliphatic rings. The van der Waals surface area contributed by atoms with Crippen molar-refractivity contribution in [3.63, 3.8) is 0 Å². The van der Waals surface area contributed by atoms with Crippen molar-refractivity contribution >= 4 is 17.3 Å². The highest BCUT2D eigenvalue weighted by atomic mass is 35.5. The maximum atomic E-state index is 10.5. The van der Waals surface area contributed by atoms with Crippen LogP contribution in [0.3, 0.4) is 0 Å². The van der Waals surface area contributed by atoms with Gasteiger partial charge in [0.05, 0.1) is 22.1 Å². The second kappa shape index (κ2) is 4.28. The Hall–Kier alpha value is -1.29. The highest BCUT2D eigenvalue weighted by Gasteiger charge is 2.10. The van der Waals surface area contributed by atoms with E-state index >= 15 is 0 Å². The maximum Gasteiger partial charge on any atom is 0.274 e. The maximum absolute atomic E-state index is 10.5. The van der Waals surface area contributed by atoms with Crippen molar-refractivity contribution in [1.82, 2.24) is 0 Å². The number of rotatable bonds is 3. The first-order valence-electron chi connectivity index (χ1n) is 4.10.